The Labute approximate surface area is 135 Å². The van der Waals surface area contributed by atoms with E-state index < -0.39 is 15.8 Å². The van der Waals surface area contributed by atoms with E-state index in [4.69, 9.17) is 4.42 Å². The van der Waals surface area contributed by atoms with Crippen LogP contribution in [0.2, 0.25) is 0 Å². The maximum absolute atomic E-state index is 12.8. The Morgan fingerprint density at radius 2 is 1.78 bits per heavy atom. The van der Waals surface area contributed by atoms with Crippen molar-refractivity contribution in [2.75, 3.05) is 32.7 Å². The third-order valence-corrected chi connectivity index (χ3v) is 6.27. The van der Waals surface area contributed by atoms with Crippen LogP contribution in [0.4, 0.5) is 0 Å². The van der Waals surface area contributed by atoms with E-state index in [9.17, 15) is 13.2 Å². The summed E-state index contributed by atoms with van der Waals surface area (Å²) in [6.45, 7) is 7.75. The first-order chi connectivity index (χ1) is 11.0. The molecule has 1 saturated heterocycles. The van der Waals surface area contributed by atoms with Crippen molar-refractivity contribution >= 4 is 21.1 Å². The first-order valence-corrected chi connectivity index (χ1v) is 9.27. The van der Waals surface area contributed by atoms with Crippen molar-refractivity contribution in [3.63, 3.8) is 0 Å². The van der Waals surface area contributed by atoms with Crippen LogP contribution in [0.5, 0.6) is 0 Å². The number of hydrogen-bond donors (Lipinski definition) is 0. The Balaban J connectivity index is 1.94. The highest BCUT2D eigenvalue weighted by molar-refractivity contribution is 7.89. The number of aryl methyl sites for hydroxylation is 1. The molecule has 0 spiro atoms. The minimum Gasteiger partial charge on any atom is -0.408 e. The van der Waals surface area contributed by atoms with Crippen molar-refractivity contribution in [3.05, 3.63) is 28.7 Å². The van der Waals surface area contributed by atoms with Crippen LogP contribution in [-0.2, 0) is 16.6 Å². The molecule has 1 fully saturated rings. The third kappa shape index (κ3) is 2.82. The number of rotatable bonds is 4. The van der Waals surface area contributed by atoms with Crippen LogP contribution in [0, 0.1) is 0 Å². The maximum Gasteiger partial charge on any atom is 0.419 e. The molecule has 1 aliphatic rings. The van der Waals surface area contributed by atoms with Crippen molar-refractivity contribution in [1.82, 2.24) is 13.8 Å². The van der Waals surface area contributed by atoms with Gasteiger partial charge in [-0.05, 0) is 25.6 Å². The summed E-state index contributed by atoms with van der Waals surface area (Å²) >= 11 is 0. The van der Waals surface area contributed by atoms with Gasteiger partial charge >= 0.3 is 5.76 Å². The van der Waals surface area contributed by atoms with Gasteiger partial charge in [0.1, 0.15) is 0 Å². The molecule has 0 radical (unpaired) electrons. The Kier molecular flexibility index (Phi) is 4.31. The molecule has 1 aromatic carbocycles. The molecule has 1 aromatic heterocycles. The largest absolute Gasteiger partial charge is 0.419 e. The molecule has 1 aliphatic heterocycles. The van der Waals surface area contributed by atoms with E-state index in [1.165, 1.54) is 14.9 Å². The summed E-state index contributed by atoms with van der Waals surface area (Å²) in [6.07, 6.45) is 0. The summed E-state index contributed by atoms with van der Waals surface area (Å²) in [7, 11) is -3.56. The Bertz CT molecular complexity index is 860. The van der Waals surface area contributed by atoms with Gasteiger partial charge in [0.05, 0.1) is 10.4 Å². The van der Waals surface area contributed by atoms with Crippen LogP contribution in [0.3, 0.4) is 0 Å². The fourth-order valence-electron chi connectivity index (χ4n) is 2.94. The summed E-state index contributed by atoms with van der Waals surface area (Å²) in [5, 5.41) is 0. The van der Waals surface area contributed by atoms with Crippen LogP contribution in [0.15, 0.2) is 32.3 Å². The van der Waals surface area contributed by atoms with Gasteiger partial charge in [0.2, 0.25) is 10.0 Å². The zero-order valence-electron chi connectivity index (χ0n) is 13.4. The van der Waals surface area contributed by atoms with Gasteiger partial charge in [-0.15, -0.1) is 0 Å². The quantitative estimate of drug-likeness (QED) is 0.829. The summed E-state index contributed by atoms with van der Waals surface area (Å²) in [5.41, 5.74) is 0.928. The van der Waals surface area contributed by atoms with Gasteiger partial charge in [0.15, 0.2) is 5.58 Å². The Morgan fingerprint density at radius 3 is 2.39 bits per heavy atom. The number of benzene rings is 1. The molecule has 0 atom stereocenters. The highest BCUT2D eigenvalue weighted by Crippen LogP contribution is 2.22. The van der Waals surface area contributed by atoms with Gasteiger partial charge < -0.3 is 9.32 Å². The van der Waals surface area contributed by atoms with E-state index in [0.717, 1.165) is 19.6 Å². The number of oxazole rings is 1. The van der Waals surface area contributed by atoms with Gasteiger partial charge in [0.25, 0.3) is 0 Å². The molecule has 0 unspecified atom stereocenters. The standard InChI is InChI=1S/C15H21N3O4S/c1-3-16-7-9-17(10-8-16)23(20,21)12-5-6-13-14(11-12)22-15(19)18(13)4-2/h5-6,11H,3-4,7-10H2,1-2H3. The molecular formula is C15H21N3O4S. The van der Waals surface area contributed by atoms with Crippen LogP contribution >= 0.6 is 0 Å². The molecule has 23 heavy (non-hydrogen) atoms. The average molecular weight is 339 g/mol. The molecule has 3 rings (SSSR count). The lowest BCUT2D eigenvalue weighted by Crippen LogP contribution is -2.48. The maximum atomic E-state index is 12.8. The van der Waals surface area contributed by atoms with E-state index in [-0.39, 0.29) is 4.90 Å². The van der Waals surface area contributed by atoms with E-state index in [0.29, 0.717) is 30.7 Å². The van der Waals surface area contributed by atoms with Crippen molar-refractivity contribution in [3.8, 4) is 0 Å². The summed E-state index contributed by atoms with van der Waals surface area (Å²) < 4.78 is 33.7. The minimum absolute atomic E-state index is 0.173. The van der Waals surface area contributed by atoms with Gasteiger partial charge in [-0.1, -0.05) is 6.92 Å². The number of aromatic nitrogens is 1. The molecule has 0 bridgehead atoms. The molecule has 2 heterocycles. The van der Waals surface area contributed by atoms with Crippen molar-refractivity contribution in [1.29, 1.82) is 0 Å². The van der Waals surface area contributed by atoms with E-state index in [1.54, 1.807) is 12.1 Å². The molecule has 7 nitrogen and oxygen atoms in total. The zero-order valence-corrected chi connectivity index (χ0v) is 14.2. The van der Waals surface area contributed by atoms with Crippen LogP contribution in [0.1, 0.15) is 13.8 Å². The Morgan fingerprint density at radius 1 is 1.09 bits per heavy atom. The minimum atomic E-state index is -3.56. The highest BCUT2D eigenvalue weighted by Gasteiger charge is 2.28. The second-order valence-electron chi connectivity index (χ2n) is 5.58. The molecule has 0 aliphatic carbocycles. The highest BCUT2D eigenvalue weighted by atomic mass is 32.2. The third-order valence-electron chi connectivity index (χ3n) is 4.37. The fourth-order valence-corrected chi connectivity index (χ4v) is 4.38. The molecule has 0 N–H and O–H groups in total. The number of nitrogens with zero attached hydrogens (tertiary/aromatic N) is 3. The first kappa shape index (κ1) is 16.2. The predicted molar refractivity (Wildman–Crippen MR) is 87.0 cm³/mol. The fraction of sp³-hybridized carbons (Fsp3) is 0.533. The van der Waals surface area contributed by atoms with E-state index in [1.807, 2.05) is 6.92 Å². The van der Waals surface area contributed by atoms with Gasteiger partial charge in [-0.25, -0.2) is 13.2 Å². The van der Waals surface area contributed by atoms with Gasteiger partial charge in [-0.3, -0.25) is 4.57 Å². The lowest BCUT2D eigenvalue weighted by Gasteiger charge is -2.33. The number of fused-ring (bicyclic) bond motifs is 1. The molecular weight excluding hydrogens is 318 g/mol. The molecule has 0 amide bonds. The van der Waals surface area contributed by atoms with Crippen molar-refractivity contribution < 1.29 is 12.8 Å². The second-order valence-corrected chi connectivity index (χ2v) is 7.52. The molecule has 0 saturated carbocycles. The van der Waals surface area contributed by atoms with Crippen LogP contribution in [-0.4, -0.2) is 54.9 Å². The smallest absolute Gasteiger partial charge is 0.408 e. The van der Waals surface area contributed by atoms with E-state index in [2.05, 4.69) is 11.8 Å². The topological polar surface area (TPSA) is 75.8 Å². The molecule has 8 heteroatoms. The normalized spacial score (nSPS) is 17.8. The first-order valence-electron chi connectivity index (χ1n) is 7.83. The van der Waals surface area contributed by atoms with Crippen molar-refractivity contribution in [2.24, 2.45) is 0 Å². The summed E-state index contributed by atoms with van der Waals surface area (Å²) in [4.78, 5) is 14.1. The second kappa shape index (κ2) is 6.10. The predicted octanol–water partition coefficient (Wildman–Crippen LogP) is 0.941. The number of hydrogen-bond acceptors (Lipinski definition) is 5. The molecule has 126 valence electrons. The van der Waals surface area contributed by atoms with E-state index >= 15 is 0 Å². The van der Waals surface area contributed by atoms with Crippen LogP contribution in [0.25, 0.3) is 11.1 Å². The summed E-state index contributed by atoms with van der Waals surface area (Å²) in [6, 6.07) is 4.63. The van der Waals surface area contributed by atoms with Crippen molar-refractivity contribution in [2.45, 2.75) is 25.3 Å². The van der Waals surface area contributed by atoms with Crippen LogP contribution < -0.4 is 5.76 Å². The average Bonchev–Trinajstić information content (AvgIpc) is 2.88. The van der Waals surface area contributed by atoms with Gasteiger partial charge in [0, 0.05) is 38.8 Å². The molecule has 2 aromatic rings. The zero-order chi connectivity index (χ0) is 16.6. The Hall–Kier alpha value is -1.64. The number of sulfonamides is 1. The number of likely N-dealkylation sites (N-methyl/N-ethyl adjacent to an activating group) is 1. The SMILES string of the molecule is CCN1CCN(S(=O)(=O)c2ccc3c(c2)oc(=O)n3CC)CC1. The lowest BCUT2D eigenvalue weighted by molar-refractivity contribution is 0.196. The summed E-state index contributed by atoms with van der Waals surface area (Å²) in [5.74, 6) is -0.464. The monoisotopic (exact) mass is 339 g/mol. The lowest BCUT2D eigenvalue weighted by atomic mass is 10.3. The van der Waals surface area contributed by atoms with Gasteiger partial charge in [-0.2, -0.15) is 4.31 Å². The number of piperazine rings is 1.